The van der Waals surface area contributed by atoms with Gasteiger partial charge in [0, 0.05) is 20.7 Å². The van der Waals surface area contributed by atoms with E-state index < -0.39 is 20.1 Å². The summed E-state index contributed by atoms with van der Waals surface area (Å²) in [6.45, 7) is 10.2. The Balaban J connectivity index is 1.63. The van der Waals surface area contributed by atoms with Crippen molar-refractivity contribution in [1.29, 1.82) is 0 Å². The molecule has 0 heterocycles. The van der Waals surface area contributed by atoms with Gasteiger partial charge in [-0.15, -0.1) is 11.8 Å². The fourth-order valence-corrected chi connectivity index (χ4v) is 6.81. The number of thioether (sulfide) groups is 1. The third-order valence-electron chi connectivity index (χ3n) is 8.16. The van der Waals surface area contributed by atoms with Crippen molar-refractivity contribution in [3.8, 4) is 11.1 Å². The van der Waals surface area contributed by atoms with Crippen molar-refractivity contribution in [3.05, 3.63) is 124 Å². The minimum Gasteiger partial charge on any atom is -0.432 e. The molecule has 1 N–H and O–H groups in total. The van der Waals surface area contributed by atoms with Crippen LogP contribution in [-0.2, 0) is 19.0 Å². The first-order valence-corrected chi connectivity index (χ1v) is 17.9. The van der Waals surface area contributed by atoms with Gasteiger partial charge in [0.15, 0.2) is 8.32 Å². The van der Waals surface area contributed by atoms with Gasteiger partial charge < -0.3 is 4.80 Å². The van der Waals surface area contributed by atoms with E-state index in [4.69, 9.17) is 11.6 Å². The third kappa shape index (κ3) is 7.67. The van der Waals surface area contributed by atoms with Crippen LogP contribution in [0.3, 0.4) is 0 Å². The zero-order valence-electron chi connectivity index (χ0n) is 24.3. The Morgan fingerprint density at radius 1 is 0.881 bits per heavy atom. The predicted molar refractivity (Wildman–Crippen MR) is 169 cm³/mol. The lowest BCUT2D eigenvalue weighted by molar-refractivity contribution is -0.137. The van der Waals surface area contributed by atoms with Crippen LogP contribution >= 0.6 is 23.4 Å². The Kier molecular flexibility index (Phi) is 9.68. The number of halogens is 5. The molecule has 1 nitrogen and oxygen atoms in total. The Bertz CT molecular complexity index is 1510. The van der Waals surface area contributed by atoms with Crippen molar-refractivity contribution in [1.82, 2.24) is 0 Å². The molecule has 42 heavy (non-hydrogen) atoms. The largest absolute Gasteiger partial charge is 0.432 e. The van der Waals surface area contributed by atoms with Gasteiger partial charge in [-0.25, -0.2) is 4.39 Å². The van der Waals surface area contributed by atoms with Crippen molar-refractivity contribution in [2.24, 2.45) is 0 Å². The first-order chi connectivity index (χ1) is 19.5. The van der Waals surface area contributed by atoms with Gasteiger partial charge in [0.2, 0.25) is 0 Å². The highest BCUT2D eigenvalue weighted by Crippen LogP contribution is 2.43. The second-order valence-electron chi connectivity index (χ2n) is 11.9. The first kappa shape index (κ1) is 32.3. The summed E-state index contributed by atoms with van der Waals surface area (Å²) in [6, 6.07) is 23.7. The molecule has 4 rings (SSSR count). The zero-order chi connectivity index (χ0) is 30.9. The minimum atomic E-state index is -4.38. The summed E-state index contributed by atoms with van der Waals surface area (Å²) >= 11 is 8.03. The Morgan fingerprint density at radius 2 is 1.48 bits per heavy atom. The molecule has 0 aliphatic carbocycles. The average molecular weight is 631 g/mol. The molecule has 0 amide bonds. The van der Waals surface area contributed by atoms with E-state index >= 15 is 0 Å². The summed E-state index contributed by atoms with van der Waals surface area (Å²) in [5.74, 6) is -0.362. The van der Waals surface area contributed by atoms with E-state index in [9.17, 15) is 22.4 Å². The topological polar surface area (TPSA) is 20.2 Å². The fraction of sp³-hybridized carbons (Fsp3) is 0.294. The number of aryl methyl sites for hydroxylation is 1. The second-order valence-corrected chi connectivity index (χ2v) is 18.1. The highest BCUT2D eigenvalue weighted by Gasteiger charge is 2.38. The molecule has 0 aliphatic heterocycles. The lowest BCUT2D eigenvalue weighted by Gasteiger charge is -2.35. The van der Waals surface area contributed by atoms with Crippen molar-refractivity contribution >= 4 is 31.7 Å². The summed E-state index contributed by atoms with van der Waals surface area (Å²) in [5.41, 5.74) is 4.49. The minimum absolute atomic E-state index is 0.175. The summed E-state index contributed by atoms with van der Waals surface area (Å²) in [4.78, 5) is 11.8. The van der Waals surface area contributed by atoms with Crippen molar-refractivity contribution in [3.63, 3.8) is 0 Å². The van der Waals surface area contributed by atoms with E-state index in [1.807, 2.05) is 37.4 Å². The number of hydrogen-bond acceptors (Lipinski definition) is 2. The van der Waals surface area contributed by atoms with Gasteiger partial charge in [-0.3, -0.25) is 0 Å². The van der Waals surface area contributed by atoms with Crippen molar-refractivity contribution in [2.45, 2.75) is 68.1 Å². The Morgan fingerprint density at radius 3 is 2.00 bits per heavy atom. The summed E-state index contributed by atoms with van der Waals surface area (Å²) in [6.07, 6.45) is -3.25. The van der Waals surface area contributed by atoms with Crippen LogP contribution < -0.4 is 0 Å². The van der Waals surface area contributed by atoms with Crippen LogP contribution in [0.15, 0.2) is 89.8 Å². The molecule has 0 aliphatic rings. The van der Waals surface area contributed by atoms with E-state index in [0.717, 1.165) is 40.1 Å². The van der Waals surface area contributed by atoms with Gasteiger partial charge in [-0.1, -0.05) is 74.0 Å². The Hall–Kier alpha value is -2.58. The maximum atomic E-state index is 14.8. The van der Waals surface area contributed by atoms with E-state index in [-0.39, 0.29) is 16.1 Å². The summed E-state index contributed by atoms with van der Waals surface area (Å²) in [7, 11) is -2.37. The van der Waals surface area contributed by atoms with Crippen molar-refractivity contribution < 1.29 is 22.4 Å². The predicted octanol–water partition coefficient (Wildman–Crippen LogP) is 11.1. The molecule has 8 heteroatoms. The van der Waals surface area contributed by atoms with Crippen LogP contribution in [0.1, 0.15) is 46.9 Å². The quantitative estimate of drug-likeness (QED) is 0.113. The molecule has 1 atom stereocenters. The fourth-order valence-electron chi connectivity index (χ4n) is 4.68. The molecule has 4 aromatic rings. The molecule has 0 saturated heterocycles. The van der Waals surface area contributed by atoms with E-state index in [1.165, 1.54) is 23.8 Å². The van der Waals surface area contributed by atoms with Gasteiger partial charge in [0.1, 0.15) is 5.82 Å². The maximum Gasteiger partial charge on any atom is 0.416 e. The maximum absolute atomic E-state index is 14.8. The van der Waals surface area contributed by atoms with Crippen LogP contribution in [0, 0.1) is 12.7 Å². The van der Waals surface area contributed by atoms with Crippen LogP contribution in [-0.4, -0.2) is 13.1 Å². The van der Waals surface area contributed by atoms with Crippen molar-refractivity contribution in [2.75, 3.05) is 0 Å². The molecule has 0 saturated carbocycles. The smallest absolute Gasteiger partial charge is 0.416 e. The zero-order valence-corrected chi connectivity index (χ0v) is 26.9. The van der Waals surface area contributed by atoms with Crippen LogP contribution in [0.4, 0.5) is 17.6 Å². The van der Waals surface area contributed by atoms with Crippen LogP contribution in [0.25, 0.3) is 11.1 Å². The summed E-state index contributed by atoms with van der Waals surface area (Å²) < 4.78 is 53.8. The highest BCUT2D eigenvalue weighted by atomic mass is 35.5. The van der Waals surface area contributed by atoms with Gasteiger partial charge >= 0.3 is 6.18 Å². The monoisotopic (exact) mass is 630 g/mol. The highest BCUT2D eigenvalue weighted by molar-refractivity contribution is 7.99. The van der Waals surface area contributed by atoms with Gasteiger partial charge in [0.25, 0.3) is 0 Å². The van der Waals surface area contributed by atoms with Gasteiger partial charge in [-0.05, 0) is 102 Å². The average Bonchev–Trinajstić information content (AvgIpc) is 2.91. The van der Waals surface area contributed by atoms with E-state index in [1.54, 1.807) is 23.9 Å². The first-order valence-electron chi connectivity index (χ1n) is 13.7. The molecule has 0 spiro atoms. The number of hydrogen-bond donors (Lipinski definition) is 1. The molecule has 1 unspecified atom stereocenters. The van der Waals surface area contributed by atoms with Gasteiger partial charge in [-0.2, -0.15) is 13.2 Å². The van der Waals surface area contributed by atoms with E-state index in [0.29, 0.717) is 22.6 Å². The molecular formula is C34H35ClF4OSSi. The number of alkyl halides is 3. The molecule has 0 aromatic heterocycles. The standard InChI is InChI=1S/C34H35ClF4OSSi/c1-22-19-28(18-15-26(22)21-33(2,3)42(4,5)40)41-32(20-29-30(35)7-6-8-31(29)36)25-11-9-23(10-12-25)24-13-16-27(17-14-24)34(37,38)39/h6-19,32,40H,20-21H2,1-5H3. The number of benzene rings is 4. The molecule has 0 bridgehead atoms. The van der Waals surface area contributed by atoms with Crippen LogP contribution in [0.2, 0.25) is 23.2 Å². The molecule has 0 radical (unpaired) electrons. The normalized spacial score (nSPS) is 13.3. The molecule has 222 valence electrons. The van der Waals surface area contributed by atoms with Crippen LogP contribution in [0.5, 0.6) is 0 Å². The third-order valence-corrected chi connectivity index (χ3v) is 13.3. The number of rotatable bonds is 9. The molecular weight excluding hydrogens is 596 g/mol. The lowest BCUT2D eigenvalue weighted by Crippen LogP contribution is -2.40. The van der Waals surface area contributed by atoms with Gasteiger partial charge in [0.05, 0.1) is 5.56 Å². The molecule has 0 fully saturated rings. The SMILES string of the molecule is Cc1cc(SC(Cc2c(F)cccc2Cl)c2ccc(-c3ccc(C(F)(F)F)cc3)cc2)ccc1CC(C)(C)[Si](C)(C)O. The molecule has 4 aromatic carbocycles. The second kappa shape index (κ2) is 12.6. The lowest BCUT2D eigenvalue weighted by atomic mass is 9.98. The summed E-state index contributed by atoms with van der Waals surface area (Å²) in [5, 5.41) is 0.00350. The Labute approximate surface area is 256 Å². The van der Waals surface area contributed by atoms with E-state index in [2.05, 4.69) is 39.0 Å².